The third kappa shape index (κ3) is 6.81. The molecule has 178 valence electrons. The summed E-state index contributed by atoms with van der Waals surface area (Å²) >= 11 is 0. The lowest BCUT2D eigenvalue weighted by atomic mass is 10.1. The Hall–Kier alpha value is -3.87. The molecule has 3 rings (SSSR count). The Morgan fingerprint density at radius 2 is 1.82 bits per heavy atom. The van der Waals surface area contributed by atoms with Crippen LogP contribution in [-0.4, -0.2) is 41.9 Å². The average Bonchev–Trinajstić information content (AvgIpc) is 3.02. The Balaban J connectivity index is 1.71. The van der Waals surface area contributed by atoms with Crippen LogP contribution in [0.5, 0.6) is 0 Å². The summed E-state index contributed by atoms with van der Waals surface area (Å²) in [7, 11) is 0. The quantitative estimate of drug-likeness (QED) is 0.666. The SMILES string of the molecule is N#Cc1cccc(CN(CC(F)(F)F)C(=O)C(=O)Nc2ccc(N3CCCCCC3=O)cc2)c1. The van der Waals surface area contributed by atoms with E-state index in [1.54, 1.807) is 17.0 Å². The van der Waals surface area contributed by atoms with Gasteiger partial charge in [-0.2, -0.15) is 18.4 Å². The van der Waals surface area contributed by atoms with Crippen molar-refractivity contribution in [2.45, 2.75) is 38.4 Å². The molecule has 34 heavy (non-hydrogen) atoms. The number of hydrogen-bond acceptors (Lipinski definition) is 4. The summed E-state index contributed by atoms with van der Waals surface area (Å²) in [6, 6.07) is 13.9. The van der Waals surface area contributed by atoms with Crippen molar-refractivity contribution in [2.75, 3.05) is 23.3 Å². The highest BCUT2D eigenvalue weighted by Gasteiger charge is 2.35. The van der Waals surface area contributed by atoms with Gasteiger partial charge in [-0.25, -0.2) is 0 Å². The molecular formula is C24H23F3N4O3. The van der Waals surface area contributed by atoms with Gasteiger partial charge in [-0.3, -0.25) is 14.4 Å². The van der Waals surface area contributed by atoms with Crippen LogP contribution in [0.15, 0.2) is 48.5 Å². The first-order chi connectivity index (χ1) is 16.2. The Morgan fingerprint density at radius 1 is 1.09 bits per heavy atom. The monoisotopic (exact) mass is 472 g/mol. The van der Waals surface area contributed by atoms with E-state index in [1.807, 2.05) is 6.07 Å². The summed E-state index contributed by atoms with van der Waals surface area (Å²) in [4.78, 5) is 39.3. The second-order valence-electron chi connectivity index (χ2n) is 7.95. The van der Waals surface area contributed by atoms with Crippen LogP contribution in [0, 0.1) is 11.3 Å². The number of nitrogens with one attached hydrogen (secondary N) is 1. The summed E-state index contributed by atoms with van der Waals surface area (Å²) in [6.07, 6.45) is -1.58. The molecule has 7 nitrogen and oxygen atoms in total. The van der Waals surface area contributed by atoms with Crippen LogP contribution in [0.3, 0.4) is 0 Å². The van der Waals surface area contributed by atoms with E-state index < -0.39 is 31.1 Å². The zero-order valence-electron chi connectivity index (χ0n) is 18.3. The van der Waals surface area contributed by atoms with Crippen LogP contribution in [0.25, 0.3) is 0 Å². The van der Waals surface area contributed by atoms with E-state index in [0.29, 0.717) is 23.6 Å². The van der Waals surface area contributed by atoms with Crippen molar-refractivity contribution in [3.63, 3.8) is 0 Å². The molecule has 1 fully saturated rings. The Labute approximate surface area is 194 Å². The number of benzene rings is 2. The number of alkyl halides is 3. The number of nitrogens with zero attached hydrogens (tertiary/aromatic N) is 3. The molecular weight excluding hydrogens is 449 g/mol. The molecule has 2 aromatic carbocycles. The van der Waals surface area contributed by atoms with Gasteiger partial charge >= 0.3 is 18.0 Å². The molecule has 0 unspecified atom stereocenters. The number of carbonyl (C=O) groups is 3. The summed E-state index contributed by atoms with van der Waals surface area (Å²) in [5.41, 5.74) is 1.37. The van der Waals surface area contributed by atoms with E-state index in [2.05, 4.69) is 5.32 Å². The van der Waals surface area contributed by atoms with Gasteiger partial charge in [0.05, 0.1) is 11.6 Å². The predicted molar refractivity (Wildman–Crippen MR) is 119 cm³/mol. The number of hydrogen-bond donors (Lipinski definition) is 1. The maximum absolute atomic E-state index is 13.1. The highest BCUT2D eigenvalue weighted by molar-refractivity contribution is 6.39. The smallest absolute Gasteiger partial charge is 0.321 e. The van der Waals surface area contributed by atoms with Crippen molar-refractivity contribution >= 4 is 29.1 Å². The van der Waals surface area contributed by atoms with Gasteiger partial charge in [0.15, 0.2) is 0 Å². The third-order valence-corrected chi connectivity index (χ3v) is 5.29. The lowest BCUT2D eigenvalue weighted by Crippen LogP contribution is -2.44. The fourth-order valence-electron chi connectivity index (χ4n) is 3.68. The molecule has 0 atom stereocenters. The van der Waals surface area contributed by atoms with E-state index in [9.17, 15) is 27.6 Å². The first-order valence-electron chi connectivity index (χ1n) is 10.7. The maximum Gasteiger partial charge on any atom is 0.406 e. The van der Waals surface area contributed by atoms with Crippen LogP contribution >= 0.6 is 0 Å². The van der Waals surface area contributed by atoms with Gasteiger partial charge in [0.1, 0.15) is 6.54 Å². The van der Waals surface area contributed by atoms with E-state index in [4.69, 9.17) is 5.26 Å². The molecule has 0 radical (unpaired) electrons. The molecule has 1 N–H and O–H groups in total. The second kappa shape index (κ2) is 10.8. The van der Waals surface area contributed by atoms with Crippen molar-refractivity contribution in [2.24, 2.45) is 0 Å². The van der Waals surface area contributed by atoms with Crippen LogP contribution in [0.2, 0.25) is 0 Å². The van der Waals surface area contributed by atoms with Gasteiger partial charge < -0.3 is 15.1 Å². The van der Waals surface area contributed by atoms with Gasteiger partial charge in [0, 0.05) is 30.9 Å². The fraction of sp³-hybridized carbons (Fsp3) is 0.333. The number of nitriles is 1. The minimum atomic E-state index is -4.72. The lowest BCUT2D eigenvalue weighted by Gasteiger charge is -2.24. The molecule has 1 aliphatic heterocycles. The molecule has 0 spiro atoms. The molecule has 1 aliphatic rings. The Morgan fingerprint density at radius 3 is 2.50 bits per heavy atom. The van der Waals surface area contributed by atoms with Crippen molar-refractivity contribution in [1.82, 2.24) is 4.90 Å². The van der Waals surface area contributed by atoms with E-state index in [0.717, 1.165) is 19.3 Å². The zero-order chi connectivity index (χ0) is 24.7. The topological polar surface area (TPSA) is 93.5 Å². The molecule has 1 heterocycles. The summed E-state index contributed by atoms with van der Waals surface area (Å²) in [5, 5.41) is 11.3. The largest absolute Gasteiger partial charge is 0.406 e. The van der Waals surface area contributed by atoms with Crippen LogP contribution in [0.1, 0.15) is 36.8 Å². The Kier molecular flexibility index (Phi) is 7.89. The van der Waals surface area contributed by atoms with Gasteiger partial charge in [0.25, 0.3) is 0 Å². The average molecular weight is 472 g/mol. The maximum atomic E-state index is 13.1. The van der Waals surface area contributed by atoms with E-state index in [1.165, 1.54) is 36.4 Å². The van der Waals surface area contributed by atoms with E-state index in [-0.39, 0.29) is 22.7 Å². The van der Waals surface area contributed by atoms with Gasteiger partial charge in [-0.1, -0.05) is 18.6 Å². The third-order valence-electron chi connectivity index (χ3n) is 5.29. The minimum Gasteiger partial charge on any atom is -0.321 e. The van der Waals surface area contributed by atoms with Gasteiger partial charge in [-0.15, -0.1) is 0 Å². The molecule has 10 heteroatoms. The number of rotatable bonds is 5. The highest BCUT2D eigenvalue weighted by Crippen LogP contribution is 2.23. The van der Waals surface area contributed by atoms with E-state index >= 15 is 0 Å². The molecule has 0 saturated carbocycles. The summed E-state index contributed by atoms with van der Waals surface area (Å²) in [6.45, 7) is -1.52. The minimum absolute atomic E-state index is 0.00715. The molecule has 3 amide bonds. The molecule has 0 aliphatic carbocycles. The second-order valence-corrected chi connectivity index (χ2v) is 7.95. The lowest BCUT2D eigenvalue weighted by molar-refractivity contribution is -0.164. The number of carbonyl (C=O) groups excluding carboxylic acids is 3. The van der Waals surface area contributed by atoms with Crippen LogP contribution < -0.4 is 10.2 Å². The predicted octanol–water partition coefficient (Wildman–Crippen LogP) is 3.99. The number of amides is 3. The highest BCUT2D eigenvalue weighted by atomic mass is 19.4. The summed E-state index contributed by atoms with van der Waals surface area (Å²) in [5.74, 6) is -2.57. The van der Waals surface area contributed by atoms with Crippen molar-refractivity contribution < 1.29 is 27.6 Å². The normalized spacial score (nSPS) is 14.2. The first-order valence-corrected chi connectivity index (χ1v) is 10.7. The standard InChI is InChI=1S/C24H23F3N4O3/c25-24(26,27)16-30(15-18-6-4-5-17(13-18)14-28)23(34)22(33)29-19-8-10-20(11-9-19)31-12-3-1-2-7-21(31)32/h4-6,8-11,13H,1-3,7,12,15-16H2,(H,29,33). The van der Waals surface area contributed by atoms with Crippen molar-refractivity contribution in [3.8, 4) is 6.07 Å². The molecule has 0 bridgehead atoms. The van der Waals surface area contributed by atoms with Gasteiger partial charge in [0.2, 0.25) is 5.91 Å². The first kappa shape index (κ1) is 24.8. The van der Waals surface area contributed by atoms with Crippen molar-refractivity contribution in [3.05, 3.63) is 59.7 Å². The van der Waals surface area contributed by atoms with Gasteiger partial charge in [-0.05, 0) is 54.8 Å². The fourth-order valence-corrected chi connectivity index (χ4v) is 3.68. The Bertz CT molecular complexity index is 1090. The summed E-state index contributed by atoms with van der Waals surface area (Å²) < 4.78 is 39.2. The number of anilines is 2. The molecule has 0 aromatic heterocycles. The number of halogens is 3. The molecule has 1 saturated heterocycles. The zero-order valence-corrected chi connectivity index (χ0v) is 18.3. The molecule has 2 aromatic rings. The van der Waals surface area contributed by atoms with Crippen LogP contribution in [-0.2, 0) is 20.9 Å². The van der Waals surface area contributed by atoms with Crippen molar-refractivity contribution in [1.29, 1.82) is 5.26 Å². The van der Waals surface area contributed by atoms with Crippen LogP contribution in [0.4, 0.5) is 24.5 Å².